The summed E-state index contributed by atoms with van der Waals surface area (Å²) < 4.78 is 0.750. The zero-order valence-corrected chi connectivity index (χ0v) is 13.6. The molecule has 1 amide bonds. The highest BCUT2D eigenvalue weighted by Crippen LogP contribution is 2.23. The molecule has 1 aromatic rings. The standard InChI is InChI=1S/C14H23ClN2OS/c1-14(2,3)8-10(16)7-13(18)17(4)9-11-5-6-12(15)19-11/h5-6,10H,7-9,16H2,1-4H3. The molecule has 3 nitrogen and oxygen atoms in total. The summed E-state index contributed by atoms with van der Waals surface area (Å²) in [5.74, 6) is 0.0845. The third kappa shape index (κ3) is 6.41. The number of nitrogens with zero attached hydrogens (tertiary/aromatic N) is 1. The first-order chi connectivity index (χ1) is 8.67. The normalized spacial score (nSPS) is 13.4. The first-order valence-electron chi connectivity index (χ1n) is 6.41. The highest BCUT2D eigenvalue weighted by atomic mass is 35.5. The van der Waals surface area contributed by atoms with Crippen LogP contribution in [0.1, 0.15) is 38.5 Å². The van der Waals surface area contributed by atoms with Crippen LogP contribution in [0.4, 0.5) is 0 Å². The van der Waals surface area contributed by atoms with E-state index >= 15 is 0 Å². The van der Waals surface area contributed by atoms with Crippen LogP contribution >= 0.6 is 22.9 Å². The number of halogens is 1. The van der Waals surface area contributed by atoms with Crippen LogP contribution in [0.5, 0.6) is 0 Å². The number of carbonyl (C=O) groups excluding carboxylic acids is 1. The van der Waals surface area contributed by atoms with Crippen LogP contribution in [-0.4, -0.2) is 23.9 Å². The fraction of sp³-hybridized carbons (Fsp3) is 0.643. The van der Waals surface area contributed by atoms with E-state index in [-0.39, 0.29) is 17.4 Å². The molecule has 19 heavy (non-hydrogen) atoms. The molecule has 0 aliphatic carbocycles. The van der Waals surface area contributed by atoms with Gasteiger partial charge >= 0.3 is 0 Å². The molecule has 0 aliphatic heterocycles. The van der Waals surface area contributed by atoms with Crippen LogP contribution in [-0.2, 0) is 11.3 Å². The number of hydrogen-bond donors (Lipinski definition) is 1. The summed E-state index contributed by atoms with van der Waals surface area (Å²) in [5.41, 5.74) is 6.18. The van der Waals surface area contributed by atoms with E-state index in [1.807, 2.05) is 12.1 Å². The second-order valence-electron chi connectivity index (χ2n) is 6.18. The van der Waals surface area contributed by atoms with Gasteiger partial charge in [-0.2, -0.15) is 0 Å². The van der Waals surface area contributed by atoms with Crippen molar-refractivity contribution in [1.29, 1.82) is 0 Å². The van der Waals surface area contributed by atoms with Crippen LogP contribution < -0.4 is 5.73 Å². The lowest BCUT2D eigenvalue weighted by molar-refractivity contribution is -0.130. The predicted molar refractivity (Wildman–Crippen MR) is 82.5 cm³/mol. The molecule has 108 valence electrons. The fourth-order valence-electron chi connectivity index (χ4n) is 2.00. The van der Waals surface area contributed by atoms with Gasteiger partial charge in [0.2, 0.25) is 5.91 Å². The average Bonchev–Trinajstić information content (AvgIpc) is 2.60. The van der Waals surface area contributed by atoms with E-state index in [2.05, 4.69) is 20.8 Å². The number of hydrogen-bond acceptors (Lipinski definition) is 3. The van der Waals surface area contributed by atoms with Gasteiger partial charge in [-0.1, -0.05) is 32.4 Å². The largest absolute Gasteiger partial charge is 0.341 e. The first kappa shape index (κ1) is 16.5. The second kappa shape index (κ2) is 6.73. The molecule has 0 radical (unpaired) electrons. The van der Waals surface area contributed by atoms with Crippen molar-refractivity contribution in [2.75, 3.05) is 7.05 Å². The number of amides is 1. The molecule has 0 aliphatic rings. The van der Waals surface area contributed by atoms with Crippen molar-refractivity contribution >= 4 is 28.8 Å². The molecular weight excluding hydrogens is 280 g/mol. The third-order valence-corrected chi connectivity index (χ3v) is 3.97. The number of carbonyl (C=O) groups is 1. The quantitative estimate of drug-likeness (QED) is 0.904. The summed E-state index contributed by atoms with van der Waals surface area (Å²) in [6.07, 6.45) is 1.24. The Kier molecular flexibility index (Phi) is 5.83. The summed E-state index contributed by atoms with van der Waals surface area (Å²) in [5, 5.41) is 0. The predicted octanol–water partition coefficient (Wildman–Crippen LogP) is 3.51. The molecule has 0 aromatic carbocycles. The van der Waals surface area contributed by atoms with Gasteiger partial charge in [-0.15, -0.1) is 11.3 Å². The van der Waals surface area contributed by atoms with Crippen LogP contribution in [0.2, 0.25) is 4.34 Å². The van der Waals surface area contributed by atoms with E-state index in [1.165, 1.54) is 11.3 Å². The van der Waals surface area contributed by atoms with Crippen molar-refractivity contribution in [2.45, 2.75) is 46.2 Å². The topological polar surface area (TPSA) is 46.3 Å². The molecule has 1 aromatic heterocycles. The Morgan fingerprint density at radius 3 is 2.58 bits per heavy atom. The van der Waals surface area contributed by atoms with Crippen molar-refractivity contribution < 1.29 is 4.79 Å². The van der Waals surface area contributed by atoms with Gasteiger partial charge in [0.25, 0.3) is 0 Å². The lowest BCUT2D eigenvalue weighted by atomic mass is 9.87. The fourth-order valence-corrected chi connectivity index (χ4v) is 3.14. The van der Waals surface area contributed by atoms with E-state index in [9.17, 15) is 4.79 Å². The Morgan fingerprint density at radius 1 is 1.47 bits per heavy atom. The van der Waals surface area contributed by atoms with E-state index < -0.39 is 0 Å². The number of nitrogens with two attached hydrogens (primary N) is 1. The maximum atomic E-state index is 12.1. The van der Waals surface area contributed by atoms with Gasteiger partial charge < -0.3 is 10.6 Å². The summed E-state index contributed by atoms with van der Waals surface area (Å²) in [4.78, 5) is 14.9. The Labute approximate surface area is 124 Å². The molecular formula is C14H23ClN2OS. The van der Waals surface area contributed by atoms with E-state index in [1.54, 1.807) is 11.9 Å². The Hall–Kier alpha value is -0.580. The van der Waals surface area contributed by atoms with Gasteiger partial charge in [0, 0.05) is 24.4 Å². The SMILES string of the molecule is CN(Cc1ccc(Cl)s1)C(=O)CC(N)CC(C)(C)C. The van der Waals surface area contributed by atoms with Crippen molar-refractivity contribution in [3.63, 3.8) is 0 Å². The molecule has 1 atom stereocenters. The van der Waals surface area contributed by atoms with Gasteiger partial charge in [0.1, 0.15) is 0 Å². The van der Waals surface area contributed by atoms with Crippen LogP contribution in [0.3, 0.4) is 0 Å². The number of rotatable bonds is 5. The molecule has 1 unspecified atom stereocenters. The van der Waals surface area contributed by atoms with Crippen molar-refractivity contribution in [2.24, 2.45) is 11.1 Å². The molecule has 0 saturated carbocycles. The van der Waals surface area contributed by atoms with E-state index in [0.29, 0.717) is 13.0 Å². The second-order valence-corrected chi connectivity index (χ2v) is 7.98. The minimum atomic E-state index is -0.0816. The molecule has 0 saturated heterocycles. The van der Waals surface area contributed by atoms with Gasteiger partial charge in [-0.05, 0) is 24.0 Å². The van der Waals surface area contributed by atoms with Crippen molar-refractivity contribution in [3.05, 3.63) is 21.3 Å². The lowest BCUT2D eigenvalue weighted by Crippen LogP contribution is -2.35. The van der Waals surface area contributed by atoms with Gasteiger partial charge in [0.05, 0.1) is 10.9 Å². The van der Waals surface area contributed by atoms with Crippen molar-refractivity contribution in [1.82, 2.24) is 4.90 Å². The molecule has 2 N–H and O–H groups in total. The summed E-state index contributed by atoms with van der Waals surface area (Å²) >= 11 is 7.38. The highest BCUT2D eigenvalue weighted by Gasteiger charge is 2.20. The molecule has 0 fully saturated rings. The third-order valence-electron chi connectivity index (χ3n) is 2.76. The van der Waals surface area contributed by atoms with Crippen molar-refractivity contribution in [3.8, 4) is 0 Å². The monoisotopic (exact) mass is 302 g/mol. The molecule has 0 spiro atoms. The lowest BCUT2D eigenvalue weighted by Gasteiger charge is -2.24. The van der Waals surface area contributed by atoms with Gasteiger partial charge in [0.15, 0.2) is 0 Å². The van der Waals surface area contributed by atoms with Crippen LogP contribution in [0.15, 0.2) is 12.1 Å². The van der Waals surface area contributed by atoms with Gasteiger partial charge in [-0.3, -0.25) is 4.79 Å². The molecule has 0 bridgehead atoms. The Morgan fingerprint density at radius 2 is 2.11 bits per heavy atom. The maximum absolute atomic E-state index is 12.1. The maximum Gasteiger partial charge on any atom is 0.224 e. The minimum Gasteiger partial charge on any atom is -0.341 e. The first-order valence-corrected chi connectivity index (χ1v) is 7.60. The smallest absolute Gasteiger partial charge is 0.224 e. The zero-order valence-electron chi connectivity index (χ0n) is 12.1. The Balaban J connectivity index is 2.44. The van der Waals surface area contributed by atoms with Crippen LogP contribution in [0, 0.1) is 5.41 Å². The summed E-state index contributed by atoms with van der Waals surface area (Å²) in [6, 6.07) is 3.72. The summed E-state index contributed by atoms with van der Waals surface area (Å²) in [6.45, 7) is 7.00. The Bertz CT molecular complexity index is 425. The molecule has 5 heteroatoms. The summed E-state index contributed by atoms with van der Waals surface area (Å²) in [7, 11) is 1.81. The number of thiophene rings is 1. The molecule has 1 rings (SSSR count). The van der Waals surface area contributed by atoms with Gasteiger partial charge in [-0.25, -0.2) is 0 Å². The van der Waals surface area contributed by atoms with E-state index in [4.69, 9.17) is 17.3 Å². The zero-order chi connectivity index (χ0) is 14.6. The average molecular weight is 303 g/mol. The van der Waals surface area contributed by atoms with E-state index in [0.717, 1.165) is 15.6 Å². The minimum absolute atomic E-state index is 0.0816. The highest BCUT2D eigenvalue weighted by molar-refractivity contribution is 7.16. The van der Waals surface area contributed by atoms with Crippen LogP contribution in [0.25, 0.3) is 0 Å². The molecule has 1 heterocycles.